The SMILES string of the molecule is CC1=CC23C(=O)C(C=C(CO)C(O)C2(O)C1OC(=O)c1ccc(F)cc1)C1C(C[C@H]3C)C1(C)C. The number of aliphatic hydroxyl groups excluding tert-OH is 2. The van der Waals surface area contributed by atoms with Crippen molar-refractivity contribution in [2.45, 2.75) is 51.9 Å². The number of ether oxygens (including phenoxy) is 1. The van der Waals surface area contributed by atoms with Crippen molar-refractivity contribution in [3.63, 3.8) is 0 Å². The van der Waals surface area contributed by atoms with Gasteiger partial charge in [0.2, 0.25) is 0 Å². The number of carbonyl (C=O) groups is 2. The molecule has 2 bridgehead atoms. The normalized spacial score (nSPS) is 41.9. The number of rotatable bonds is 3. The molecule has 0 radical (unpaired) electrons. The summed E-state index contributed by atoms with van der Waals surface area (Å²) >= 11 is 0. The van der Waals surface area contributed by atoms with Crippen LogP contribution >= 0.6 is 0 Å². The Balaban J connectivity index is 1.63. The lowest BCUT2D eigenvalue weighted by molar-refractivity contribution is -0.190. The van der Waals surface area contributed by atoms with E-state index >= 15 is 0 Å². The molecule has 182 valence electrons. The third-order valence-electron chi connectivity index (χ3n) is 9.20. The van der Waals surface area contributed by atoms with Crippen molar-refractivity contribution in [3.8, 4) is 0 Å². The van der Waals surface area contributed by atoms with Gasteiger partial charge in [-0.15, -0.1) is 0 Å². The minimum absolute atomic E-state index is 0.0486. The summed E-state index contributed by atoms with van der Waals surface area (Å²) < 4.78 is 19.1. The molecule has 7 heteroatoms. The number of hydrogen-bond acceptors (Lipinski definition) is 6. The highest BCUT2D eigenvalue weighted by Crippen LogP contribution is 2.71. The molecule has 1 aromatic carbocycles. The monoisotopic (exact) mass is 470 g/mol. The average molecular weight is 471 g/mol. The number of esters is 1. The van der Waals surface area contributed by atoms with Gasteiger partial charge >= 0.3 is 5.97 Å². The first-order valence-corrected chi connectivity index (χ1v) is 11.8. The maximum absolute atomic E-state index is 14.3. The van der Waals surface area contributed by atoms with Gasteiger partial charge in [-0.2, -0.15) is 0 Å². The van der Waals surface area contributed by atoms with E-state index in [1.807, 2.05) is 6.92 Å². The molecule has 4 aliphatic carbocycles. The van der Waals surface area contributed by atoms with E-state index in [1.165, 1.54) is 12.1 Å². The van der Waals surface area contributed by atoms with Gasteiger partial charge in [0, 0.05) is 5.92 Å². The second-order valence-electron chi connectivity index (χ2n) is 11.2. The molecular weight excluding hydrogens is 439 g/mol. The maximum atomic E-state index is 14.3. The molecule has 7 unspecified atom stereocenters. The van der Waals surface area contributed by atoms with Crippen molar-refractivity contribution in [1.29, 1.82) is 0 Å². The van der Waals surface area contributed by atoms with Crippen LogP contribution in [0.3, 0.4) is 0 Å². The topological polar surface area (TPSA) is 104 Å². The van der Waals surface area contributed by atoms with E-state index < -0.39 is 47.5 Å². The van der Waals surface area contributed by atoms with Crippen LogP contribution in [0.4, 0.5) is 4.39 Å². The van der Waals surface area contributed by atoms with Crippen molar-refractivity contribution in [1.82, 2.24) is 0 Å². The fourth-order valence-electron chi connectivity index (χ4n) is 7.35. The first-order chi connectivity index (χ1) is 15.9. The molecule has 3 N–H and O–H groups in total. The lowest BCUT2D eigenvalue weighted by Crippen LogP contribution is -2.65. The number of hydrogen-bond donors (Lipinski definition) is 3. The maximum Gasteiger partial charge on any atom is 0.338 e. The molecule has 8 atom stereocenters. The predicted molar refractivity (Wildman–Crippen MR) is 121 cm³/mol. The molecule has 0 heterocycles. The van der Waals surface area contributed by atoms with Gasteiger partial charge in [-0.1, -0.05) is 32.9 Å². The highest BCUT2D eigenvalue weighted by Gasteiger charge is 2.76. The lowest BCUT2D eigenvalue weighted by atomic mass is 9.59. The Labute approximate surface area is 198 Å². The molecular formula is C27H31FO6. The Bertz CT molecular complexity index is 1120. The molecule has 4 aliphatic rings. The number of allylic oxidation sites excluding steroid dienone is 1. The van der Waals surface area contributed by atoms with Crippen LogP contribution in [0, 0.1) is 40.3 Å². The van der Waals surface area contributed by atoms with Gasteiger partial charge in [-0.05, 0) is 71.9 Å². The molecule has 5 rings (SSSR count). The lowest BCUT2D eigenvalue weighted by Gasteiger charge is -2.48. The van der Waals surface area contributed by atoms with Gasteiger partial charge in [0.1, 0.15) is 11.9 Å². The molecule has 2 fully saturated rings. The Morgan fingerprint density at radius 3 is 2.50 bits per heavy atom. The van der Waals surface area contributed by atoms with Crippen molar-refractivity contribution in [2.24, 2.45) is 34.5 Å². The minimum atomic E-state index is -2.19. The highest BCUT2D eigenvalue weighted by molar-refractivity contribution is 5.96. The van der Waals surface area contributed by atoms with E-state index in [0.29, 0.717) is 12.0 Å². The van der Waals surface area contributed by atoms with E-state index in [0.717, 1.165) is 12.1 Å². The number of aliphatic hydroxyl groups is 3. The Morgan fingerprint density at radius 2 is 1.88 bits per heavy atom. The molecule has 2 saturated carbocycles. The summed E-state index contributed by atoms with van der Waals surface area (Å²) in [6.45, 7) is 7.30. The molecule has 0 aliphatic heterocycles. The largest absolute Gasteiger partial charge is 0.451 e. The smallest absolute Gasteiger partial charge is 0.338 e. The van der Waals surface area contributed by atoms with Crippen LogP contribution in [-0.4, -0.2) is 51.5 Å². The molecule has 0 saturated heterocycles. The second-order valence-corrected chi connectivity index (χ2v) is 11.2. The molecule has 6 nitrogen and oxygen atoms in total. The summed E-state index contributed by atoms with van der Waals surface area (Å²) in [5, 5.41) is 33.9. The number of fused-ring (bicyclic) bond motifs is 3. The Morgan fingerprint density at radius 1 is 1.24 bits per heavy atom. The van der Waals surface area contributed by atoms with Crippen molar-refractivity contribution in [3.05, 3.63) is 58.9 Å². The number of Topliss-reactive ketones (excluding diaryl/α,β-unsaturated/α-hetero) is 1. The second kappa shape index (κ2) is 7.33. The van der Waals surface area contributed by atoms with Gasteiger partial charge in [-0.3, -0.25) is 4.79 Å². The van der Waals surface area contributed by atoms with E-state index in [9.17, 15) is 29.3 Å². The number of carbonyl (C=O) groups excluding carboxylic acids is 2. The number of halogens is 1. The molecule has 34 heavy (non-hydrogen) atoms. The van der Waals surface area contributed by atoms with Gasteiger partial charge in [0.15, 0.2) is 17.5 Å². The van der Waals surface area contributed by atoms with Gasteiger partial charge in [0.25, 0.3) is 0 Å². The fourth-order valence-corrected chi connectivity index (χ4v) is 7.35. The molecule has 1 spiro atoms. The molecule has 0 aromatic heterocycles. The van der Waals surface area contributed by atoms with Crippen molar-refractivity contribution < 1.29 is 34.0 Å². The van der Waals surface area contributed by atoms with Crippen LogP contribution < -0.4 is 0 Å². The third kappa shape index (κ3) is 2.77. The predicted octanol–water partition coefficient (Wildman–Crippen LogP) is 2.82. The van der Waals surface area contributed by atoms with E-state index in [-0.39, 0.29) is 40.1 Å². The zero-order valence-corrected chi connectivity index (χ0v) is 19.8. The quantitative estimate of drug-likeness (QED) is 0.464. The van der Waals surface area contributed by atoms with Crippen LogP contribution in [0.25, 0.3) is 0 Å². The summed E-state index contributed by atoms with van der Waals surface area (Å²) in [4.78, 5) is 27.2. The van der Waals surface area contributed by atoms with Crippen LogP contribution in [0.15, 0.2) is 47.6 Å². The Hall–Kier alpha value is -2.35. The summed E-state index contributed by atoms with van der Waals surface area (Å²) in [5.41, 5.74) is -3.03. The summed E-state index contributed by atoms with van der Waals surface area (Å²) in [5.74, 6) is -2.10. The molecule has 0 amide bonds. The standard InChI is InChI=1S/C27H31FO6/c1-13-11-26-14(2)9-19-20(25(19,3)4)18(22(26)31)10-16(12-29)21(30)27(26,33)23(13)34-24(32)15-5-7-17(28)8-6-15/h5-8,10-11,14,18-21,23,29-30,33H,9,12H2,1-4H3/t14-,18?,19?,20?,21?,23?,26?,27?/m1/s1. The van der Waals surface area contributed by atoms with E-state index in [1.54, 1.807) is 19.1 Å². The van der Waals surface area contributed by atoms with Gasteiger partial charge in [0.05, 0.1) is 17.6 Å². The molecule has 1 aromatic rings. The van der Waals surface area contributed by atoms with E-state index in [2.05, 4.69) is 13.8 Å². The average Bonchev–Trinajstić information content (AvgIpc) is 3.28. The zero-order chi connectivity index (χ0) is 24.8. The summed E-state index contributed by atoms with van der Waals surface area (Å²) in [7, 11) is 0. The highest BCUT2D eigenvalue weighted by atomic mass is 19.1. The number of ketones is 1. The summed E-state index contributed by atoms with van der Waals surface area (Å²) in [6, 6.07) is 4.82. The number of benzene rings is 1. The van der Waals surface area contributed by atoms with Crippen LogP contribution in [0.5, 0.6) is 0 Å². The van der Waals surface area contributed by atoms with E-state index in [4.69, 9.17) is 4.74 Å². The van der Waals surface area contributed by atoms with Crippen molar-refractivity contribution >= 4 is 11.8 Å². The first-order valence-electron chi connectivity index (χ1n) is 11.8. The third-order valence-corrected chi connectivity index (χ3v) is 9.20. The van der Waals surface area contributed by atoms with Crippen LogP contribution in [-0.2, 0) is 9.53 Å². The van der Waals surface area contributed by atoms with Crippen molar-refractivity contribution in [2.75, 3.05) is 6.61 Å². The minimum Gasteiger partial charge on any atom is -0.451 e. The van der Waals surface area contributed by atoms with Crippen LogP contribution in [0.2, 0.25) is 0 Å². The first kappa shape index (κ1) is 23.4. The fraction of sp³-hybridized carbons (Fsp3) is 0.556. The Kier molecular flexibility index (Phi) is 5.04. The summed E-state index contributed by atoms with van der Waals surface area (Å²) in [6.07, 6.45) is 1.07. The van der Waals surface area contributed by atoms with Gasteiger partial charge < -0.3 is 20.1 Å². The van der Waals surface area contributed by atoms with Crippen LogP contribution in [0.1, 0.15) is 44.5 Å². The van der Waals surface area contributed by atoms with Gasteiger partial charge in [-0.25, -0.2) is 9.18 Å². The zero-order valence-electron chi connectivity index (χ0n) is 19.8.